The van der Waals surface area contributed by atoms with Crippen molar-refractivity contribution in [1.29, 1.82) is 0 Å². The van der Waals surface area contributed by atoms with Crippen LogP contribution in [0.3, 0.4) is 0 Å². The van der Waals surface area contributed by atoms with E-state index in [1.54, 1.807) is 0 Å². The second kappa shape index (κ2) is 6.35. The van der Waals surface area contributed by atoms with Crippen LogP contribution in [0, 0.1) is 12.8 Å². The molecule has 0 aliphatic carbocycles. The average Bonchev–Trinajstić information content (AvgIpc) is 2.41. The highest BCUT2D eigenvalue weighted by Gasteiger charge is 2.22. The van der Waals surface area contributed by atoms with Crippen molar-refractivity contribution in [3.63, 3.8) is 0 Å². The number of hydrogen-bond acceptors (Lipinski definition) is 2. The van der Waals surface area contributed by atoms with Crippen molar-refractivity contribution in [3.8, 4) is 0 Å². The Morgan fingerprint density at radius 2 is 1.83 bits per heavy atom. The highest BCUT2D eigenvalue weighted by atomic mass is 15.1. The lowest BCUT2D eigenvalue weighted by atomic mass is 9.90. The zero-order valence-corrected chi connectivity index (χ0v) is 11.9. The van der Waals surface area contributed by atoms with E-state index in [4.69, 9.17) is 0 Å². The van der Waals surface area contributed by atoms with Crippen LogP contribution < -0.4 is 5.32 Å². The lowest BCUT2D eigenvalue weighted by Crippen LogP contribution is -2.40. The quantitative estimate of drug-likeness (QED) is 0.879. The maximum atomic E-state index is 3.39. The largest absolute Gasteiger partial charge is 0.317 e. The molecule has 1 aromatic carbocycles. The van der Waals surface area contributed by atoms with Gasteiger partial charge in [-0.1, -0.05) is 29.8 Å². The van der Waals surface area contributed by atoms with Crippen molar-refractivity contribution >= 4 is 0 Å². The third-order valence-corrected chi connectivity index (χ3v) is 4.32. The Labute approximate surface area is 111 Å². The van der Waals surface area contributed by atoms with Crippen LogP contribution >= 0.6 is 0 Å². The van der Waals surface area contributed by atoms with Gasteiger partial charge >= 0.3 is 0 Å². The van der Waals surface area contributed by atoms with E-state index >= 15 is 0 Å². The van der Waals surface area contributed by atoms with Gasteiger partial charge in [0.05, 0.1) is 0 Å². The molecule has 2 heteroatoms. The third-order valence-electron chi connectivity index (χ3n) is 4.32. The minimum atomic E-state index is 0.659. The molecule has 0 saturated carbocycles. The second-order valence-corrected chi connectivity index (χ2v) is 5.68. The molecule has 1 aromatic rings. The van der Waals surface area contributed by atoms with E-state index in [0.717, 1.165) is 12.5 Å². The van der Waals surface area contributed by atoms with Gasteiger partial charge in [0, 0.05) is 12.6 Å². The summed E-state index contributed by atoms with van der Waals surface area (Å²) in [6.45, 7) is 8.05. The number of aryl methyl sites for hydroxylation is 1. The van der Waals surface area contributed by atoms with Crippen molar-refractivity contribution in [2.75, 3.05) is 20.1 Å². The summed E-state index contributed by atoms with van der Waals surface area (Å²) in [5.74, 6) is 0.851. The molecule has 2 nitrogen and oxygen atoms in total. The second-order valence-electron chi connectivity index (χ2n) is 5.68. The van der Waals surface area contributed by atoms with E-state index < -0.39 is 0 Å². The first kappa shape index (κ1) is 13.6. The molecule has 1 aliphatic rings. The van der Waals surface area contributed by atoms with E-state index in [2.05, 4.69) is 55.4 Å². The molecule has 0 amide bonds. The van der Waals surface area contributed by atoms with Gasteiger partial charge in [-0.15, -0.1) is 0 Å². The van der Waals surface area contributed by atoms with Crippen LogP contribution in [0.5, 0.6) is 0 Å². The first-order valence-corrected chi connectivity index (χ1v) is 7.14. The van der Waals surface area contributed by atoms with E-state index in [0.29, 0.717) is 6.04 Å². The summed E-state index contributed by atoms with van der Waals surface area (Å²) < 4.78 is 0. The topological polar surface area (TPSA) is 15.3 Å². The van der Waals surface area contributed by atoms with Gasteiger partial charge in [0.1, 0.15) is 0 Å². The molecule has 0 spiro atoms. The van der Waals surface area contributed by atoms with Crippen LogP contribution in [0.4, 0.5) is 0 Å². The first-order chi connectivity index (χ1) is 8.69. The van der Waals surface area contributed by atoms with E-state index in [1.807, 2.05) is 0 Å². The normalized spacial score (nSPS) is 19.9. The summed E-state index contributed by atoms with van der Waals surface area (Å²) in [6, 6.07) is 9.61. The summed E-state index contributed by atoms with van der Waals surface area (Å²) in [4.78, 5) is 2.59. The van der Waals surface area contributed by atoms with Gasteiger partial charge in [-0.05, 0) is 58.3 Å². The molecule has 0 bridgehead atoms. The van der Waals surface area contributed by atoms with Crippen LogP contribution in [0.2, 0.25) is 0 Å². The molecular formula is C16H26N2. The van der Waals surface area contributed by atoms with Gasteiger partial charge in [0.15, 0.2) is 0 Å². The van der Waals surface area contributed by atoms with Gasteiger partial charge in [-0.3, -0.25) is 4.90 Å². The number of piperidine rings is 1. The monoisotopic (exact) mass is 246 g/mol. The third kappa shape index (κ3) is 3.56. The van der Waals surface area contributed by atoms with Crippen LogP contribution in [0.25, 0.3) is 0 Å². The zero-order chi connectivity index (χ0) is 13.0. The maximum absolute atomic E-state index is 3.39. The van der Waals surface area contributed by atoms with Crippen LogP contribution in [-0.2, 0) is 6.54 Å². The molecule has 18 heavy (non-hydrogen) atoms. The van der Waals surface area contributed by atoms with Gasteiger partial charge in [-0.25, -0.2) is 0 Å². The van der Waals surface area contributed by atoms with Gasteiger partial charge in [0.2, 0.25) is 0 Å². The number of likely N-dealkylation sites (tertiary alicyclic amines) is 1. The Hall–Kier alpha value is -0.860. The fourth-order valence-electron chi connectivity index (χ4n) is 2.80. The summed E-state index contributed by atoms with van der Waals surface area (Å²) in [6.07, 6.45) is 2.65. The van der Waals surface area contributed by atoms with Gasteiger partial charge in [-0.2, -0.15) is 0 Å². The van der Waals surface area contributed by atoms with E-state index in [9.17, 15) is 0 Å². The first-order valence-electron chi connectivity index (χ1n) is 7.14. The minimum Gasteiger partial charge on any atom is -0.317 e. The molecule has 0 aromatic heterocycles. The molecule has 1 saturated heterocycles. The summed E-state index contributed by atoms with van der Waals surface area (Å²) >= 11 is 0. The van der Waals surface area contributed by atoms with Crippen molar-refractivity contribution < 1.29 is 0 Å². The van der Waals surface area contributed by atoms with Gasteiger partial charge in [0.25, 0.3) is 0 Å². The number of hydrogen-bond donors (Lipinski definition) is 1. The standard InChI is InChI=1S/C16H26N2/c1-13-4-6-15(7-5-13)12-18-10-8-16(9-11-18)14(2)17-3/h4-7,14,16-17H,8-12H2,1-3H3. The zero-order valence-electron chi connectivity index (χ0n) is 11.9. The van der Waals surface area contributed by atoms with Crippen molar-refractivity contribution in [2.24, 2.45) is 5.92 Å². The van der Waals surface area contributed by atoms with E-state index in [-0.39, 0.29) is 0 Å². The lowest BCUT2D eigenvalue weighted by molar-refractivity contribution is 0.159. The molecule has 1 heterocycles. The predicted molar refractivity (Wildman–Crippen MR) is 77.7 cm³/mol. The summed E-state index contributed by atoms with van der Waals surface area (Å²) in [7, 11) is 2.07. The molecule has 1 fully saturated rings. The Kier molecular flexibility index (Phi) is 4.79. The Balaban J connectivity index is 1.81. The lowest BCUT2D eigenvalue weighted by Gasteiger charge is -2.34. The predicted octanol–water partition coefficient (Wildman–Crippen LogP) is 2.81. The minimum absolute atomic E-state index is 0.659. The molecular weight excluding hydrogens is 220 g/mol. The Bertz CT molecular complexity index is 350. The average molecular weight is 246 g/mol. The molecule has 1 atom stereocenters. The summed E-state index contributed by atoms with van der Waals surface area (Å²) in [5, 5.41) is 3.39. The highest BCUT2D eigenvalue weighted by molar-refractivity contribution is 5.21. The van der Waals surface area contributed by atoms with Crippen molar-refractivity contribution in [1.82, 2.24) is 10.2 Å². The van der Waals surface area contributed by atoms with Gasteiger partial charge < -0.3 is 5.32 Å². The maximum Gasteiger partial charge on any atom is 0.0233 e. The number of nitrogens with one attached hydrogen (secondary N) is 1. The number of nitrogens with zero attached hydrogens (tertiary/aromatic N) is 1. The van der Waals surface area contributed by atoms with E-state index in [1.165, 1.54) is 37.1 Å². The Morgan fingerprint density at radius 1 is 1.22 bits per heavy atom. The SMILES string of the molecule is CNC(C)C1CCN(Cc2ccc(C)cc2)CC1. The molecule has 1 N–H and O–H groups in total. The molecule has 2 rings (SSSR count). The smallest absolute Gasteiger partial charge is 0.0233 e. The summed E-state index contributed by atoms with van der Waals surface area (Å²) in [5.41, 5.74) is 2.79. The van der Waals surface area contributed by atoms with Crippen LogP contribution in [-0.4, -0.2) is 31.1 Å². The van der Waals surface area contributed by atoms with Crippen LogP contribution in [0.15, 0.2) is 24.3 Å². The molecule has 0 radical (unpaired) electrons. The fraction of sp³-hybridized carbons (Fsp3) is 0.625. The Morgan fingerprint density at radius 3 is 2.39 bits per heavy atom. The fourth-order valence-corrected chi connectivity index (χ4v) is 2.80. The van der Waals surface area contributed by atoms with Crippen LogP contribution in [0.1, 0.15) is 30.9 Å². The highest BCUT2D eigenvalue weighted by Crippen LogP contribution is 2.21. The molecule has 1 unspecified atom stereocenters. The van der Waals surface area contributed by atoms with Crippen molar-refractivity contribution in [3.05, 3.63) is 35.4 Å². The van der Waals surface area contributed by atoms with Crippen molar-refractivity contribution in [2.45, 2.75) is 39.3 Å². The number of rotatable bonds is 4. The molecule has 100 valence electrons. The molecule has 1 aliphatic heterocycles. The number of benzene rings is 1.